The Kier molecular flexibility index (Phi) is 1.74. The molecular formula is C10H16O. The zero-order chi connectivity index (χ0) is 7.84. The second-order valence-corrected chi connectivity index (χ2v) is 4.21. The number of carbonyl (C=O) groups is 1. The van der Waals surface area contributed by atoms with E-state index in [4.69, 9.17) is 0 Å². The lowest BCUT2D eigenvalue weighted by Gasteiger charge is -2.04. The van der Waals surface area contributed by atoms with E-state index in [-0.39, 0.29) is 0 Å². The number of hydrogen-bond donors (Lipinski definition) is 0. The molecule has 0 aromatic carbocycles. The molecule has 0 saturated heterocycles. The number of ketones is 1. The smallest absolute Gasteiger partial charge is 0.133 e. The number of rotatable bonds is 1. The molecule has 1 nitrogen and oxygen atoms in total. The molecular weight excluding hydrogens is 136 g/mol. The molecule has 0 spiro atoms. The minimum absolute atomic E-state index is 0.523. The SMILES string of the molecule is CCC1C[C@H]2CC(=O)C[C@H]2C1. The molecule has 11 heavy (non-hydrogen) atoms. The molecule has 0 bridgehead atoms. The maximum atomic E-state index is 11.1. The van der Waals surface area contributed by atoms with Crippen molar-refractivity contribution in [3.05, 3.63) is 0 Å². The van der Waals surface area contributed by atoms with Gasteiger partial charge in [-0.05, 0) is 30.6 Å². The third kappa shape index (κ3) is 1.21. The number of fused-ring (bicyclic) bond motifs is 1. The van der Waals surface area contributed by atoms with Gasteiger partial charge in [0.2, 0.25) is 0 Å². The molecule has 2 fully saturated rings. The summed E-state index contributed by atoms with van der Waals surface area (Å²) in [5.41, 5.74) is 0. The largest absolute Gasteiger partial charge is 0.300 e. The first-order valence-electron chi connectivity index (χ1n) is 4.81. The molecule has 0 heterocycles. The fourth-order valence-corrected chi connectivity index (χ4v) is 2.84. The normalized spacial score (nSPS) is 43.0. The average Bonchev–Trinajstić information content (AvgIpc) is 2.43. The highest BCUT2D eigenvalue weighted by atomic mass is 16.1. The minimum atomic E-state index is 0.523. The lowest BCUT2D eigenvalue weighted by molar-refractivity contribution is -0.117. The average molecular weight is 152 g/mol. The Morgan fingerprint density at radius 3 is 2.27 bits per heavy atom. The van der Waals surface area contributed by atoms with Crippen LogP contribution in [0.5, 0.6) is 0 Å². The van der Waals surface area contributed by atoms with Gasteiger partial charge in [0.25, 0.3) is 0 Å². The van der Waals surface area contributed by atoms with E-state index in [1.165, 1.54) is 19.3 Å². The second-order valence-electron chi connectivity index (χ2n) is 4.21. The first-order chi connectivity index (χ1) is 5.29. The molecule has 3 atom stereocenters. The molecule has 2 aliphatic rings. The molecule has 0 radical (unpaired) electrons. The second kappa shape index (κ2) is 2.62. The molecule has 0 amide bonds. The Labute approximate surface area is 68.2 Å². The van der Waals surface area contributed by atoms with Crippen LogP contribution >= 0.6 is 0 Å². The quantitative estimate of drug-likeness (QED) is 0.564. The standard InChI is InChI=1S/C10H16O/c1-2-7-3-8-5-10(11)6-9(8)4-7/h7-9H,2-6H2,1H3/t7?,8-,9+. The highest BCUT2D eigenvalue weighted by molar-refractivity contribution is 5.81. The van der Waals surface area contributed by atoms with Crippen LogP contribution in [0.2, 0.25) is 0 Å². The van der Waals surface area contributed by atoms with Gasteiger partial charge >= 0.3 is 0 Å². The van der Waals surface area contributed by atoms with Crippen molar-refractivity contribution in [1.82, 2.24) is 0 Å². The summed E-state index contributed by atoms with van der Waals surface area (Å²) in [6, 6.07) is 0. The summed E-state index contributed by atoms with van der Waals surface area (Å²) in [5.74, 6) is 3.03. The summed E-state index contributed by atoms with van der Waals surface area (Å²) in [4.78, 5) is 11.1. The van der Waals surface area contributed by atoms with Crippen molar-refractivity contribution in [2.45, 2.75) is 39.0 Å². The van der Waals surface area contributed by atoms with Gasteiger partial charge in [0.1, 0.15) is 5.78 Å². The molecule has 0 N–H and O–H groups in total. The van der Waals surface area contributed by atoms with Crippen LogP contribution in [-0.4, -0.2) is 5.78 Å². The van der Waals surface area contributed by atoms with Gasteiger partial charge in [-0.2, -0.15) is 0 Å². The van der Waals surface area contributed by atoms with Gasteiger partial charge in [0.15, 0.2) is 0 Å². The summed E-state index contributed by atoms with van der Waals surface area (Å²) < 4.78 is 0. The number of carbonyl (C=O) groups excluding carboxylic acids is 1. The number of hydrogen-bond acceptors (Lipinski definition) is 1. The fraction of sp³-hybridized carbons (Fsp3) is 0.900. The molecule has 2 aliphatic carbocycles. The molecule has 1 heteroatoms. The van der Waals surface area contributed by atoms with Crippen LogP contribution in [0.1, 0.15) is 39.0 Å². The van der Waals surface area contributed by atoms with Crippen LogP contribution in [-0.2, 0) is 4.79 Å². The van der Waals surface area contributed by atoms with Crippen molar-refractivity contribution >= 4 is 5.78 Å². The third-order valence-electron chi connectivity index (χ3n) is 3.50. The first-order valence-corrected chi connectivity index (χ1v) is 4.81. The predicted octanol–water partition coefficient (Wildman–Crippen LogP) is 2.40. The molecule has 62 valence electrons. The van der Waals surface area contributed by atoms with Crippen molar-refractivity contribution in [3.63, 3.8) is 0 Å². The predicted molar refractivity (Wildman–Crippen MR) is 44.2 cm³/mol. The highest BCUT2D eigenvalue weighted by Crippen LogP contribution is 2.46. The summed E-state index contributed by atoms with van der Waals surface area (Å²) in [7, 11) is 0. The van der Waals surface area contributed by atoms with Crippen molar-refractivity contribution in [3.8, 4) is 0 Å². The van der Waals surface area contributed by atoms with Crippen LogP contribution in [0.25, 0.3) is 0 Å². The molecule has 0 aliphatic heterocycles. The van der Waals surface area contributed by atoms with E-state index in [0.29, 0.717) is 5.78 Å². The van der Waals surface area contributed by atoms with Crippen molar-refractivity contribution in [2.75, 3.05) is 0 Å². The summed E-state index contributed by atoms with van der Waals surface area (Å²) in [5, 5.41) is 0. The Balaban J connectivity index is 1.98. The molecule has 1 unspecified atom stereocenters. The van der Waals surface area contributed by atoms with Crippen molar-refractivity contribution in [1.29, 1.82) is 0 Å². The van der Waals surface area contributed by atoms with E-state index in [1.807, 2.05) is 0 Å². The van der Waals surface area contributed by atoms with Crippen LogP contribution in [0.3, 0.4) is 0 Å². The van der Waals surface area contributed by atoms with Gasteiger partial charge in [-0.1, -0.05) is 13.3 Å². The highest BCUT2D eigenvalue weighted by Gasteiger charge is 2.39. The van der Waals surface area contributed by atoms with E-state index in [0.717, 1.165) is 30.6 Å². The summed E-state index contributed by atoms with van der Waals surface area (Å²) in [6.45, 7) is 2.27. The summed E-state index contributed by atoms with van der Waals surface area (Å²) >= 11 is 0. The van der Waals surface area contributed by atoms with E-state index in [1.54, 1.807) is 0 Å². The van der Waals surface area contributed by atoms with E-state index in [9.17, 15) is 4.79 Å². The van der Waals surface area contributed by atoms with E-state index >= 15 is 0 Å². The van der Waals surface area contributed by atoms with E-state index in [2.05, 4.69) is 6.92 Å². The van der Waals surface area contributed by atoms with Crippen molar-refractivity contribution in [2.24, 2.45) is 17.8 Å². The Bertz CT molecular complexity index is 158. The van der Waals surface area contributed by atoms with Crippen LogP contribution < -0.4 is 0 Å². The minimum Gasteiger partial charge on any atom is -0.300 e. The zero-order valence-electron chi connectivity index (χ0n) is 7.18. The molecule has 2 saturated carbocycles. The maximum Gasteiger partial charge on any atom is 0.133 e. The third-order valence-corrected chi connectivity index (χ3v) is 3.50. The number of Topliss-reactive ketones (excluding diaryl/α,β-unsaturated/α-hetero) is 1. The maximum absolute atomic E-state index is 11.1. The Hall–Kier alpha value is -0.330. The van der Waals surface area contributed by atoms with Gasteiger partial charge in [-0.25, -0.2) is 0 Å². The van der Waals surface area contributed by atoms with Gasteiger partial charge in [0.05, 0.1) is 0 Å². The first kappa shape index (κ1) is 7.33. The van der Waals surface area contributed by atoms with E-state index < -0.39 is 0 Å². The Morgan fingerprint density at radius 2 is 1.82 bits per heavy atom. The molecule has 0 aromatic rings. The topological polar surface area (TPSA) is 17.1 Å². The van der Waals surface area contributed by atoms with Crippen molar-refractivity contribution < 1.29 is 4.79 Å². The van der Waals surface area contributed by atoms with Crippen LogP contribution in [0, 0.1) is 17.8 Å². The molecule has 2 rings (SSSR count). The summed E-state index contributed by atoms with van der Waals surface area (Å²) in [6.07, 6.45) is 5.81. The van der Waals surface area contributed by atoms with Gasteiger partial charge in [-0.3, -0.25) is 4.79 Å². The van der Waals surface area contributed by atoms with Crippen LogP contribution in [0.4, 0.5) is 0 Å². The lowest BCUT2D eigenvalue weighted by atomic mass is 10.0. The van der Waals surface area contributed by atoms with Gasteiger partial charge in [0, 0.05) is 12.8 Å². The van der Waals surface area contributed by atoms with Gasteiger partial charge in [-0.15, -0.1) is 0 Å². The Morgan fingerprint density at radius 1 is 1.27 bits per heavy atom. The zero-order valence-corrected chi connectivity index (χ0v) is 7.18. The lowest BCUT2D eigenvalue weighted by Crippen LogP contribution is -1.97. The monoisotopic (exact) mass is 152 g/mol. The molecule has 0 aromatic heterocycles. The van der Waals surface area contributed by atoms with Gasteiger partial charge < -0.3 is 0 Å². The fourth-order valence-electron chi connectivity index (χ4n) is 2.84. The van der Waals surface area contributed by atoms with Crippen LogP contribution in [0.15, 0.2) is 0 Å².